The average molecular weight is 575 g/mol. The molecule has 0 aliphatic carbocycles. The number of allylic oxidation sites excluding steroid dienone is 4. The maximum atomic E-state index is 12.8. The van der Waals surface area contributed by atoms with E-state index in [-0.39, 0.29) is 18.4 Å². The third kappa shape index (κ3) is 15.7. The third-order valence-corrected chi connectivity index (χ3v) is 5.70. The second-order valence-electron chi connectivity index (χ2n) is 9.30. The lowest BCUT2D eigenvalue weighted by molar-refractivity contribution is 0.0755. The first-order valence-electron chi connectivity index (χ1n) is 13.9. The number of rotatable bonds is 12. The zero-order valence-electron chi connectivity index (χ0n) is 25.3. The number of aliphatic hydroxyl groups is 1. The molecule has 2 unspecified atom stereocenters. The summed E-state index contributed by atoms with van der Waals surface area (Å²) in [5.74, 6) is -0.901. The van der Waals surface area contributed by atoms with Crippen LogP contribution in [0.5, 0.6) is 0 Å². The molecule has 2 amide bonds. The van der Waals surface area contributed by atoms with Gasteiger partial charge in [0.15, 0.2) is 0 Å². The average Bonchev–Trinajstić information content (AvgIpc) is 2.97. The minimum absolute atomic E-state index is 0.0588. The van der Waals surface area contributed by atoms with Gasteiger partial charge in [-0.25, -0.2) is 8.78 Å². The number of para-hydroxylation sites is 1. The highest BCUT2D eigenvalue weighted by atomic mass is 19.1. The second-order valence-corrected chi connectivity index (χ2v) is 9.30. The molecular weight excluding hydrogens is 526 g/mol. The lowest BCUT2D eigenvalue weighted by Gasteiger charge is -2.22. The number of benzene rings is 2. The summed E-state index contributed by atoms with van der Waals surface area (Å²) < 4.78 is 23.2. The number of aryl methyl sites for hydroxylation is 1. The van der Waals surface area contributed by atoms with Gasteiger partial charge in [-0.3, -0.25) is 9.59 Å². The van der Waals surface area contributed by atoms with E-state index >= 15 is 0 Å². The second kappa shape index (κ2) is 22.2. The van der Waals surface area contributed by atoms with E-state index in [1.807, 2.05) is 63.1 Å². The molecule has 228 valence electrons. The summed E-state index contributed by atoms with van der Waals surface area (Å²) in [7, 11) is 1.91. The van der Waals surface area contributed by atoms with Crippen LogP contribution in [-0.4, -0.2) is 67.3 Å². The topological polar surface area (TPSA) is 108 Å². The van der Waals surface area contributed by atoms with Gasteiger partial charge in [-0.15, -0.1) is 0 Å². The summed E-state index contributed by atoms with van der Waals surface area (Å²) in [6, 6.07) is 14.8. The van der Waals surface area contributed by atoms with Crippen molar-refractivity contribution in [3.05, 3.63) is 89.3 Å². The van der Waals surface area contributed by atoms with Gasteiger partial charge in [0.05, 0.1) is 12.1 Å². The van der Waals surface area contributed by atoms with Gasteiger partial charge in [0.25, 0.3) is 11.8 Å². The molecule has 41 heavy (non-hydrogen) atoms. The van der Waals surface area contributed by atoms with Crippen LogP contribution in [0.25, 0.3) is 0 Å². The van der Waals surface area contributed by atoms with Crippen LogP contribution in [0.15, 0.2) is 72.6 Å². The molecule has 0 radical (unpaired) electrons. The predicted octanol–water partition coefficient (Wildman–Crippen LogP) is 5.81. The number of carbonyl (C=O) groups excluding carboxylic acids is 2. The summed E-state index contributed by atoms with van der Waals surface area (Å²) in [6.45, 7) is 10.0. The quantitative estimate of drug-likeness (QED) is 0.239. The fraction of sp³-hybridized carbons (Fsp3) is 0.438. The number of hydrogen-bond donors (Lipinski definition) is 4. The van der Waals surface area contributed by atoms with E-state index in [1.54, 1.807) is 32.0 Å². The van der Waals surface area contributed by atoms with Crippen molar-refractivity contribution in [1.82, 2.24) is 10.2 Å². The molecule has 5 N–H and O–H groups in total. The first kappa shape index (κ1) is 37.4. The number of nitrogens with zero attached hydrogens (tertiary/aromatic N) is 1. The third-order valence-electron chi connectivity index (χ3n) is 5.70. The van der Waals surface area contributed by atoms with Gasteiger partial charge in [-0.1, -0.05) is 38.1 Å². The number of carbonyl (C=O) groups is 2. The molecule has 0 aromatic heterocycles. The Morgan fingerprint density at radius 3 is 2.12 bits per heavy atom. The molecule has 0 spiro atoms. The van der Waals surface area contributed by atoms with Crippen LogP contribution in [-0.2, 0) is 0 Å². The number of halogens is 2. The van der Waals surface area contributed by atoms with Crippen LogP contribution >= 0.6 is 0 Å². The summed E-state index contributed by atoms with van der Waals surface area (Å²) in [4.78, 5) is 27.0. The van der Waals surface area contributed by atoms with Gasteiger partial charge < -0.3 is 26.4 Å². The van der Waals surface area contributed by atoms with Gasteiger partial charge in [-0.2, -0.15) is 0 Å². The zero-order chi connectivity index (χ0) is 31.2. The maximum absolute atomic E-state index is 12.8. The standard InChI is InChI=1S/C19H31N3O3.C7H9N.C6H8F2/c1-5-7-22(8-6-2)19(25)16-10-13(3)9-15(11-16)18(24)21-14(4)17(23)12-20;1-8-7-5-3-2-4-6-7;1-2-3-6(8)4-5-7/h9-11,14,17,23H,5-8,12,20H2,1-4H3,(H,21,24);2-6,8H,1H3;2-4H,5H2,1H3/b;;3-2-,6-4+. The largest absolute Gasteiger partial charge is 0.390 e. The van der Waals surface area contributed by atoms with Crippen LogP contribution in [0.4, 0.5) is 14.5 Å². The van der Waals surface area contributed by atoms with E-state index in [4.69, 9.17) is 5.73 Å². The molecule has 2 rings (SSSR count). The molecule has 0 aliphatic heterocycles. The number of nitrogens with two attached hydrogens (primary N) is 1. The first-order valence-corrected chi connectivity index (χ1v) is 13.9. The lowest BCUT2D eigenvalue weighted by Crippen LogP contribution is -2.44. The Bertz CT molecular complexity index is 1070. The number of anilines is 1. The monoisotopic (exact) mass is 574 g/mol. The summed E-state index contributed by atoms with van der Waals surface area (Å²) in [5, 5.41) is 15.5. The number of nitrogens with one attached hydrogen (secondary N) is 2. The van der Waals surface area contributed by atoms with E-state index < -0.39 is 24.6 Å². The van der Waals surface area contributed by atoms with Gasteiger partial charge in [0, 0.05) is 43.5 Å². The lowest BCUT2D eigenvalue weighted by atomic mass is 10.0. The number of hydrogen-bond acceptors (Lipinski definition) is 5. The highest BCUT2D eigenvalue weighted by Gasteiger charge is 2.19. The van der Waals surface area contributed by atoms with Crippen molar-refractivity contribution in [1.29, 1.82) is 0 Å². The van der Waals surface area contributed by atoms with Crippen molar-refractivity contribution in [2.24, 2.45) is 5.73 Å². The van der Waals surface area contributed by atoms with Gasteiger partial charge >= 0.3 is 0 Å². The number of alkyl halides is 1. The molecular formula is C32H48F2N4O3. The van der Waals surface area contributed by atoms with Gasteiger partial charge in [0.1, 0.15) is 12.5 Å². The Morgan fingerprint density at radius 1 is 1.07 bits per heavy atom. The molecule has 0 aliphatic rings. The first-order chi connectivity index (χ1) is 19.6. The van der Waals surface area contributed by atoms with E-state index in [0.29, 0.717) is 24.2 Å². The SMILES string of the molecule is C/C=C\C(F)=C/CF.CCCN(CCC)C(=O)c1cc(C)cc(C(=O)NC(C)C(O)CN)c1.CNc1ccccc1. The highest BCUT2D eigenvalue weighted by Crippen LogP contribution is 2.14. The summed E-state index contributed by atoms with van der Waals surface area (Å²) in [6.07, 6.45) is 4.57. The molecule has 0 fully saturated rings. The molecule has 9 heteroatoms. The summed E-state index contributed by atoms with van der Waals surface area (Å²) in [5.41, 5.74) is 8.34. The van der Waals surface area contributed by atoms with Crippen LogP contribution in [0.2, 0.25) is 0 Å². The molecule has 2 aromatic carbocycles. The number of aliphatic hydroxyl groups excluding tert-OH is 1. The molecule has 0 heterocycles. The van der Waals surface area contributed by atoms with E-state index in [0.717, 1.165) is 30.2 Å². The van der Waals surface area contributed by atoms with Crippen molar-refractivity contribution >= 4 is 17.5 Å². The molecule has 0 bridgehead atoms. The smallest absolute Gasteiger partial charge is 0.253 e. The number of amides is 2. The van der Waals surface area contributed by atoms with Crippen LogP contribution < -0.4 is 16.4 Å². The Hall–Kier alpha value is -3.56. The van der Waals surface area contributed by atoms with Crippen LogP contribution in [0.3, 0.4) is 0 Å². The summed E-state index contributed by atoms with van der Waals surface area (Å²) >= 11 is 0. The van der Waals surface area contributed by atoms with Crippen molar-refractivity contribution in [2.45, 2.75) is 59.6 Å². The molecule has 2 atom stereocenters. The highest BCUT2D eigenvalue weighted by molar-refractivity contribution is 6.00. The Morgan fingerprint density at radius 2 is 1.66 bits per heavy atom. The van der Waals surface area contributed by atoms with E-state index in [2.05, 4.69) is 10.6 Å². The van der Waals surface area contributed by atoms with Gasteiger partial charge in [-0.05, 0) is 81.7 Å². The maximum Gasteiger partial charge on any atom is 0.253 e. The Kier molecular flexibility index (Phi) is 20.2. The fourth-order valence-corrected chi connectivity index (χ4v) is 3.57. The minimum Gasteiger partial charge on any atom is -0.390 e. The van der Waals surface area contributed by atoms with Crippen molar-refractivity contribution in [3.63, 3.8) is 0 Å². The minimum atomic E-state index is -0.806. The molecule has 0 saturated carbocycles. The fourth-order valence-electron chi connectivity index (χ4n) is 3.57. The van der Waals surface area contributed by atoms with Crippen LogP contribution in [0.1, 0.15) is 66.8 Å². The van der Waals surface area contributed by atoms with Crippen molar-refractivity contribution in [3.8, 4) is 0 Å². The molecule has 2 aromatic rings. The van der Waals surface area contributed by atoms with Gasteiger partial charge in [0.2, 0.25) is 0 Å². The van der Waals surface area contributed by atoms with Crippen molar-refractivity contribution < 1.29 is 23.5 Å². The molecule has 0 saturated heterocycles. The zero-order valence-corrected chi connectivity index (χ0v) is 25.3. The normalized spacial score (nSPS) is 12.3. The Balaban J connectivity index is 0.000000807. The molecule has 7 nitrogen and oxygen atoms in total. The Labute approximate surface area is 244 Å². The van der Waals surface area contributed by atoms with E-state index in [9.17, 15) is 23.5 Å². The van der Waals surface area contributed by atoms with E-state index in [1.165, 1.54) is 12.2 Å². The van der Waals surface area contributed by atoms with Crippen LogP contribution in [0, 0.1) is 6.92 Å². The predicted molar refractivity (Wildman–Crippen MR) is 166 cm³/mol. The van der Waals surface area contributed by atoms with Crippen molar-refractivity contribution in [2.75, 3.05) is 38.7 Å².